The molecule has 0 amide bonds. The van der Waals surface area contributed by atoms with E-state index in [0.717, 1.165) is 11.8 Å². The van der Waals surface area contributed by atoms with Crippen molar-refractivity contribution in [3.05, 3.63) is 58.7 Å². The summed E-state index contributed by atoms with van der Waals surface area (Å²) in [5.41, 5.74) is 2.28. The summed E-state index contributed by atoms with van der Waals surface area (Å²) in [5.74, 6) is 0.325. The number of alkyl halides is 2. The molecule has 0 atom stereocenters. The van der Waals surface area contributed by atoms with Gasteiger partial charge in [-0.1, -0.05) is 0 Å². The van der Waals surface area contributed by atoms with Gasteiger partial charge in [0.05, 0.1) is 0 Å². The molecule has 0 aliphatic heterocycles. The van der Waals surface area contributed by atoms with Crippen molar-refractivity contribution < 1.29 is 28.2 Å². The fourth-order valence-electron chi connectivity index (χ4n) is 1.73. The number of hydrogen-bond donors (Lipinski definition) is 1. The fraction of sp³-hybridized carbons (Fsp3) is 0.176. The average molecular weight is 322 g/mol. The standard InChI is InChI=1S/C9H8F2O2.C8H8O2/c1-6-4-7(5-12)2-3-8(6)13-9(10)11;1-6-4-7(5-9)2-3-8(6)10/h2-5,9H,1H3;2-5,10H,1H3. The molecule has 0 saturated heterocycles. The van der Waals surface area contributed by atoms with Crippen LogP contribution in [0.25, 0.3) is 0 Å². The minimum atomic E-state index is -2.83. The van der Waals surface area contributed by atoms with Gasteiger partial charge < -0.3 is 9.84 Å². The van der Waals surface area contributed by atoms with Crippen LogP contribution < -0.4 is 4.74 Å². The number of rotatable bonds is 4. The molecule has 0 radical (unpaired) electrons. The molecule has 0 aliphatic carbocycles. The SMILES string of the molecule is Cc1cc(C=O)ccc1O.Cc1cc(C=O)ccc1OC(F)F. The Balaban J connectivity index is 0.000000238. The Morgan fingerprint density at radius 2 is 1.48 bits per heavy atom. The van der Waals surface area contributed by atoms with Crippen molar-refractivity contribution in [2.75, 3.05) is 0 Å². The van der Waals surface area contributed by atoms with E-state index >= 15 is 0 Å². The average Bonchev–Trinajstić information content (AvgIpc) is 2.52. The van der Waals surface area contributed by atoms with E-state index in [2.05, 4.69) is 4.74 Å². The zero-order valence-corrected chi connectivity index (χ0v) is 12.6. The molecular weight excluding hydrogens is 306 g/mol. The monoisotopic (exact) mass is 322 g/mol. The number of carbonyl (C=O) groups is 2. The Morgan fingerprint density at radius 1 is 0.957 bits per heavy atom. The summed E-state index contributed by atoms with van der Waals surface area (Å²) < 4.78 is 27.8. The van der Waals surface area contributed by atoms with Gasteiger partial charge >= 0.3 is 6.61 Å². The highest BCUT2D eigenvalue weighted by Gasteiger charge is 2.06. The Hall–Kier alpha value is -2.76. The fourth-order valence-corrected chi connectivity index (χ4v) is 1.73. The zero-order chi connectivity index (χ0) is 17.4. The van der Waals surface area contributed by atoms with Crippen LogP contribution in [0.5, 0.6) is 11.5 Å². The number of aldehydes is 2. The number of benzene rings is 2. The van der Waals surface area contributed by atoms with Crippen LogP contribution in [0, 0.1) is 13.8 Å². The number of ether oxygens (including phenoxy) is 1. The summed E-state index contributed by atoms with van der Waals surface area (Å²) in [5, 5.41) is 9.02. The second kappa shape index (κ2) is 8.63. The molecular formula is C17H16F2O4. The van der Waals surface area contributed by atoms with E-state index in [1.165, 1.54) is 24.3 Å². The molecule has 0 unspecified atom stereocenters. The van der Waals surface area contributed by atoms with E-state index in [9.17, 15) is 18.4 Å². The van der Waals surface area contributed by atoms with Crippen LogP contribution in [-0.4, -0.2) is 24.3 Å². The van der Waals surface area contributed by atoms with Crippen LogP contribution in [0.1, 0.15) is 31.8 Å². The Bertz CT molecular complexity index is 684. The van der Waals surface area contributed by atoms with Crippen LogP contribution >= 0.6 is 0 Å². The molecule has 23 heavy (non-hydrogen) atoms. The highest BCUT2D eigenvalue weighted by atomic mass is 19.3. The second-order valence-corrected chi connectivity index (χ2v) is 4.69. The Labute approximate surface area is 132 Å². The molecule has 0 spiro atoms. The van der Waals surface area contributed by atoms with Crippen molar-refractivity contribution >= 4 is 12.6 Å². The third-order valence-corrected chi connectivity index (χ3v) is 2.91. The number of aromatic hydroxyl groups is 1. The predicted molar refractivity (Wildman–Crippen MR) is 81.4 cm³/mol. The lowest BCUT2D eigenvalue weighted by atomic mass is 10.1. The van der Waals surface area contributed by atoms with Crippen molar-refractivity contribution in [2.45, 2.75) is 20.5 Å². The van der Waals surface area contributed by atoms with Crippen LogP contribution in [0.3, 0.4) is 0 Å². The van der Waals surface area contributed by atoms with Crippen LogP contribution in [0.4, 0.5) is 8.78 Å². The maximum atomic E-state index is 11.8. The summed E-state index contributed by atoms with van der Waals surface area (Å²) in [6, 6.07) is 9.00. The van der Waals surface area contributed by atoms with Gasteiger partial charge in [-0.2, -0.15) is 8.78 Å². The molecule has 0 bridgehead atoms. The van der Waals surface area contributed by atoms with Gasteiger partial charge in [0.25, 0.3) is 0 Å². The molecule has 6 heteroatoms. The molecule has 0 aliphatic rings. The summed E-state index contributed by atoms with van der Waals surface area (Å²) in [6.07, 6.45) is 1.41. The molecule has 122 valence electrons. The van der Waals surface area contributed by atoms with Gasteiger partial charge in [-0.25, -0.2) is 0 Å². The molecule has 0 aromatic heterocycles. The van der Waals surface area contributed by atoms with Gasteiger partial charge in [0.15, 0.2) is 0 Å². The van der Waals surface area contributed by atoms with Crippen molar-refractivity contribution in [3.8, 4) is 11.5 Å². The Kier molecular flexibility index (Phi) is 6.86. The zero-order valence-electron chi connectivity index (χ0n) is 12.6. The van der Waals surface area contributed by atoms with Gasteiger partial charge in [-0.15, -0.1) is 0 Å². The van der Waals surface area contributed by atoms with E-state index in [-0.39, 0.29) is 11.5 Å². The molecule has 2 aromatic rings. The molecule has 0 heterocycles. The summed E-state index contributed by atoms with van der Waals surface area (Å²) in [4.78, 5) is 20.5. The normalized spacial score (nSPS) is 9.78. The molecule has 0 fully saturated rings. The van der Waals surface area contributed by atoms with E-state index < -0.39 is 6.61 Å². The molecule has 0 saturated carbocycles. The molecule has 1 N–H and O–H groups in total. The van der Waals surface area contributed by atoms with Crippen LogP contribution in [0.2, 0.25) is 0 Å². The number of phenolic OH excluding ortho intramolecular Hbond substituents is 1. The van der Waals surface area contributed by atoms with E-state index in [0.29, 0.717) is 23.0 Å². The lowest BCUT2D eigenvalue weighted by Gasteiger charge is -2.07. The number of carbonyl (C=O) groups excluding carboxylic acids is 2. The third-order valence-electron chi connectivity index (χ3n) is 2.91. The van der Waals surface area contributed by atoms with Gasteiger partial charge in [0.1, 0.15) is 24.1 Å². The van der Waals surface area contributed by atoms with Gasteiger partial charge in [-0.3, -0.25) is 9.59 Å². The second-order valence-electron chi connectivity index (χ2n) is 4.69. The molecule has 4 nitrogen and oxygen atoms in total. The number of hydrogen-bond acceptors (Lipinski definition) is 4. The topological polar surface area (TPSA) is 63.6 Å². The van der Waals surface area contributed by atoms with Gasteiger partial charge in [0.2, 0.25) is 0 Å². The van der Waals surface area contributed by atoms with E-state index in [1.807, 2.05) is 0 Å². The third kappa shape index (κ3) is 5.86. The van der Waals surface area contributed by atoms with Crippen LogP contribution in [-0.2, 0) is 0 Å². The lowest BCUT2D eigenvalue weighted by molar-refractivity contribution is -0.0502. The largest absolute Gasteiger partial charge is 0.508 e. The van der Waals surface area contributed by atoms with Gasteiger partial charge in [-0.05, 0) is 61.4 Å². The highest BCUT2D eigenvalue weighted by Crippen LogP contribution is 2.20. The smallest absolute Gasteiger partial charge is 0.387 e. The minimum Gasteiger partial charge on any atom is -0.508 e. The quantitative estimate of drug-likeness (QED) is 0.867. The minimum absolute atomic E-state index is 0.0978. The summed E-state index contributed by atoms with van der Waals surface area (Å²) in [7, 11) is 0. The predicted octanol–water partition coefficient (Wildman–Crippen LogP) is 3.92. The van der Waals surface area contributed by atoms with E-state index in [1.54, 1.807) is 26.0 Å². The van der Waals surface area contributed by atoms with Gasteiger partial charge in [0, 0.05) is 11.1 Å². The first-order valence-corrected chi connectivity index (χ1v) is 6.62. The first-order valence-electron chi connectivity index (χ1n) is 6.62. The maximum absolute atomic E-state index is 11.8. The molecule has 2 rings (SSSR count). The Morgan fingerprint density at radius 3 is 1.91 bits per heavy atom. The van der Waals surface area contributed by atoms with Crippen molar-refractivity contribution in [2.24, 2.45) is 0 Å². The lowest BCUT2D eigenvalue weighted by Crippen LogP contribution is -2.03. The van der Waals surface area contributed by atoms with Crippen molar-refractivity contribution in [1.82, 2.24) is 0 Å². The summed E-state index contributed by atoms with van der Waals surface area (Å²) >= 11 is 0. The van der Waals surface area contributed by atoms with Crippen molar-refractivity contribution in [3.63, 3.8) is 0 Å². The summed E-state index contributed by atoms with van der Waals surface area (Å²) in [6.45, 7) is 0.522. The first-order chi connectivity index (χ1) is 10.9. The van der Waals surface area contributed by atoms with E-state index in [4.69, 9.17) is 5.11 Å². The van der Waals surface area contributed by atoms with Crippen molar-refractivity contribution in [1.29, 1.82) is 0 Å². The molecule has 2 aromatic carbocycles. The van der Waals surface area contributed by atoms with Crippen LogP contribution in [0.15, 0.2) is 36.4 Å². The maximum Gasteiger partial charge on any atom is 0.387 e. The number of aryl methyl sites for hydroxylation is 2. The number of halogens is 2. The number of phenols is 1. The first kappa shape index (κ1) is 18.3. The highest BCUT2D eigenvalue weighted by molar-refractivity contribution is 5.76.